The van der Waals surface area contributed by atoms with Gasteiger partial charge in [0, 0.05) is 32.1 Å². The molecule has 2 aliphatic heterocycles. The van der Waals surface area contributed by atoms with Crippen molar-refractivity contribution in [1.82, 2.24) is 14.7 Å². The molecule has 0 aromatic heterocycles. The summed E-state index contributed by atoms with van der Waals surface area (Å²) in [6, 6.07) is -0.00742. The molecule has 0 N–H and O–H groups in total. The highest BCUT2D eigenvalue weighted by atomic mass is 16.2. The maximum absolute atomic E-state index is 12.7. The van der Waals surface area contributed by atoms with Gasteiger partial charge in [-0.15, -0.1) is 0 Å². The van der Waals surface area contributed by atoms with Gasteiger partial charge in [0.15, 0.2) is 0 Å². The minimum atomic E-state index is -0.00742. The molecule has 1 unspecified atom stereocenters. The Kier molecular flexibility index (Phi) is 4.91. The normalized spacial score (nSPS) is 23.2. The number of hydrogen-bond acceptors (Lipinski definition) is 3. The predicted octanol–water partition coefficient (Wildman–Crippen LogP) is 1.33. The van der Waals surface area contributed by atoms with E-state index in [0.29, 0.717) is 6.42 Å². The molecule has 0 aromatic carbocycles. The third-order valence-electron chi connectivity index (χ3n) is 5.60. The lowest BCUT2D eigenvalue weighted by Crippen LogP contribution is -2.55. The number of nitrogens with zero attached hydrogens (tertiary/aromatic N) is 3. The first-order chi connectivity index (χ1) is 9.95. The minimum Gasteiger partial charge on any atom is -0.341 e. The van der Waals surface area contributed by atoms with Gasteiger partial charge in [0.05, 0.1) is 6.04 Å². The van der Waals surface area contributed by atoms with E-state index in [9.17, 15) is 9.59 Å². The Labute approximate surface area is 128 Å². The van der Waals surface area contributed by atoms with E-state index in [1.165, 1.54) is 0 Å². The Bertz CT molecular complexity index is 402. The van der Waals surface area contributed by atoms with Crippen molar-refractivity contribution in [2.24, 2.45) is 0 Å². The van der Waals surface area contributed by atoms with Crippen LogP contribution in [0, 0.1) is 0 Å². The van der Waals surface area contributed by atoms with E-state index >= 15 is 0 Å². The van der Waals surface area contributed by atoms with E-state index in [1.807, 2.05) is 23.9 Å². The van der Waals surface area contributed by atoms with Crippen LogP contribution >= 0.6 is 0 Å². The molecule has 2 rings (SSSR count). The lowest BCUT2D eigenvalue weighted by Gasteiger charge is -2.44. The molecule has 0 saturated carbocycles. The van der Waals surface area contributed by atoms with Crippen LogP contribution in [0.1, 0.15) is 46.0 Å². The van der Waals surface area contributed by atoms with Crippen LogP contribution in [0.5, 0.6) is 0 Å². The summed E-state index contributed by atoms with van der Waals surface area (Å²) in [6.45, 7) is 6.61. The molecule has 21 heavy (non-hydrogen) atoms. The summed E-state index contributed by atoms with van der Waals surface area (Å²) in [5.41, 5.74) is 0.0201. The van der Waals surface area contributed by atoms with Crippen molar-refractivity contribution in [3.63, 3.8) is 0 Å². The summed E-state index contributed by atoms with van der Waals surface area (Å²) < 4.78 is 0. The number of carbonyl (C=O) groups is 2. The smallest absolute Gasteiger partial charge is 0.239 e. The van der Waals surface area contributed by atoms with Crippen molar-refractivity contribution < 1.29 is 9.59 Å². The fraction of sp³-hybridized carbons (Fsp3) is 0.875. The lowest BCUT2D eigenvalue weighted by molar-refractivity contribution is -0.140. The molecule has 2 heterocycles. The van der Waals surface area contributed by atoms with Crippen LogP contribution < -0.4 is 0 Å². The van der Waals surface area contributed by atoms with Gasteiger partial charge >= 0.3 is 0 Å². The molecule has 1 spiro atoms. The first-order valence-corrected chi connectivity index (χ1v) is 8.21. The summed E-state index contributed by atoms with van der Waals surface area (Å²) in [5.74, 6) is 0.510. The molecule has 0 aromatic rings. The molecule has 5 nitrogen and oxygen atoms in total. The highest BCUT2D eigenvalue weighted by Crippen LogP contribution is 2.38. The molecule has 0 aliphatic carbocycles. The highest BCUT2D eigenvalue weighted by Gasteiger charge is 2.45. The fourth-order valence-electron chi connectivity index (χ4n) is 3.77. The molecule has 0 radical (unpaired) electrons. The van der Waals surface area contributed by atoms with Crippen LogP contribution in [0.3, 0.4) is 0 Å². The molecule has 0 bridgehead atoms. The van der Waals surface area contributed by atoms with Gasteiger partial charge < -0.3 is 9.80 Å². The van der Waals surface area contributed by atoms with Gasteiger partial charge in [-0.05, 0) is 39.3 Å². The summed E-state index contributed by atoms with van der Waals surface area (Å²) in [6.07, 6.45) is 4.32. The fourth-order valence-corrected chi connectivity index (χ4v) is 3.77. The molecule has 1 atom stereocenters. The van der Waals surface area contributed by atoms with Gasteiger partial charge in [-0.1, -0.05) is 13.8 Å². The molecule has 2 amide bonds. The third-order valence-corrected chi connectivity index (χ3v) is 5.60. The monoisotopic (exact) mass is 295 g/mol. The Hall–Kier alpha value is -1.10. The van der Waals surface area contributed by atoms with Crippen LogP contribution in [0.25, 0.3) is 0 Å². The van der Waals surface area contributed by atoms with E-state index in [1.54, 1.807) is 0 Å². The SMILES string of the molecule is CCC(C(=O)N1CCC2(CCC(=O)N2C)CC1)N(C)CC. The van der Waals surface area contributed by atoms with Crippen molar-refractivity contribution in [2.75, 3.05) is 33.7 Å². The number of piperidine rings is 1. The van der Waals surface area contributed by atoms with Crippen molar-refractivity contribution >= 4 is 11.8 Å². The topological polar surface area (TPSA) is 43.9 Å². The van der Waals surface area contributed by atoms with Crippen LogP contribution in [-0.2, 0) is 9.59 Å². The Morgan fingerprint density at radius 1 is 1.29 bits per heavy atom. The highest BCUT2D eigenvalue weighted by molar-refractivity contribution is 5.82. The molecular formula is C16H29N3O2. The average Bonchev–Trinajstić information content (AvgIpc) is 2.77. The summed E-state index contributed by atoms with van der Waals surface area (Å²) in [5, 5.41) is 0. The van der Waals surface area contributed by atoms with Crippen LogP contribution in [0.15, 0.2) is 0 Å². The van der Waals surface area contributed by atoms with Crippen molar-refractivity contribution in [1.29, 1.82) is 0 Å². The van der Waals surface area contributed by atoms with Gasteiger partial charge in [-0.25, -0.2) is 0 Å². The zero-order valence-corrected chi connectivity index (χ0v) is 13.9. The summed E-state index contributed by atoms with van der Waals surface area (Å²) in [7, 11) is 3.94. The molecule has 2 fully saturated rings. The molecular weight excluding hydrogens is 266 g/mol. The number of likely N-dealkylation sites (N-methyl/N-ethyl adjacent to an activating group) is 1. The average molecular weight is 295 g/mol. The van der Waals surface area contributed by atoms with E-state index in [4.69, 9.17) is 0 Å². The number of amides is 2. The van der Waals surface area contributed by atoms with Gasteiger partial charge in [-0.3, -0.25) is 14.5 Å². The molecule has 2 aliphatic rings. The molecule has 2 saturated heterocycles. The second-order valence-electron chi connectivity index (χ2n) is 6.50. The second-order valence-corrected chi connectivity index (χ2v) is 6.50. The van der Waals surface area contributed by atoms with Gasteiger partial charge in [0.1, 0.15) is 0 Å². The van der Waals surface area contributed by atoms with Gasteiger partial charge in [0.2, 0.25) is 11.8 Å². The van der Waals surface area contributed by atoms with E-state index in [-0.39, 0.29) is 23.4 Å². The quantitative estimate of drug-likeness (QED) is 0.786. The first kappa shape index (κ1) is 16.3. The maximum Gasteiger partial charge on any atom is 0.239 e. The third kappa shape index (κ3) is 2.93. The molecule has 5 heteroatoms. The zero-order chi connectivity index (χ0) is 15.6. The summed E-state index contributed by atoms with van der Waals surface area (Å²) >= 11 is 0. The maximum atomic E-state index is 12.7. The lowest BCUT2D eigenvalue weighted by atomic mass is 9.85. The second kappa shape index (κ2) is 6.34. The predicted molar refractivity (Wildman–Crippen MR) is 82.9 cm³/mol. The van der Waals surface area contributed by atoms with Crippen molar-refractivity contribution in [2.45, 2.75) is 57.5 Å². The van der Waals surface area contributed by atoms with Gasteiger partial charge in [0.25, 0.3) is 0 Å². The van der Waals surface area contributed by atoms with Crippen molar-refractivity contribution in [3.05, 3.63) is 0 Å². The number of hydrogen-bond donors (Lipinski definition) is 0. The zero-order valence-electron chi connectivity index (χ0n) is 13.9. The van der Waals surface area contributed by atoms with E-state index in [2.05, 4.69) is 18.7 Å². The Morgan fingerprint density at radius 2 is 1.90 bits per heavy atom. The van der Waals surface area contributed by atoms with Gasteiger partial charge in [-0.2, -0.15) is 0 Å². The summed E-state index contributed by atoms with van der Waals surface area (Å²) in [4.78, 5) is 30.5. The number of likely N-dealkylation sites (tertiary alicyclic amines) is 2. The van der Waals surface area contributed by atoms with E-state index < -0.39 is 0 Å². The minimum absolute atomic E-state index is 0.00742. The molecule has 120 valence electrons. The Morgan fingerprint density at radius 3 is 2.33 bits per heavy atom. The van der Waals surface area contributed by atoms with Crippen LogP contribution in [0.2, 0.25) is 0 Å². The number of carbonyl (C=O) groups excluding carboxylic acids is 2. The largest absolute Gasteiger partial charge is 0.341 e. The Balaban J connectivity index is 1.97. The van der Waals surface area contributed by atoms with E-state index in [0.717, 1.165) is 45.3 Å². The van der Waals surface area contributed by atoms with Crippen molar-refractivity contribution in [3.8, 4) is 0 Å². The van der Waals surface area contributed by atoms with Crippen LogP contribution in [-0.4, -0.2) is 71.8 Å². The van der Waals surface area contributed by atoms with Crippen LogP contribution in [0.4, 0.5) is 0 Å². The first-order valence-electron chi connectivity index (χ1n) is 8.21. The number of rotatable bonds is 4. The standard InChI is InChI=1S/C16H29N3O2/c1-5-13(17(3)6-2)15(21)19-11-9-16(10-12-19)8-7-14(20)18(16)4/h13H,5-12H2,1-4H3.